The largest absolute Gasteiger partial charge is 0.395 e. The van der Waals surface area contributed by atoms with Gasteiger partial charge in [-0.3, -0.25) is 0 Å². The Labute approximate surface area is 135 Å². The van der Waals surface area contributed by atoms with Gasteiger partial charge in [-0.25, -0.2) is 15.0 Å². The van der Waals surface area contributed by atoms with Crippen LogP contribution in [0.4, 0.5) is 19.0 Å². The summed E-state index contributed by atoms with van der Waals surface area (Å²) in [4.78, 5) is 15.4. The Balaban J connectivity index is 1.65. The van der Waals surface area contributed by atoms with Crippen LogP contribution in [0.5, 0.6) is 0 Å². The highest BCUT2D eigenvalue weighted by molar-refractivity contribution is 7.18. The smallest absolute Gasteiger partial charge is 0.354 e. The molecule has 1 saturated carbocycles. The topological polar surface area (TPSA) is 41.9 Å². The monoisotopic (exact) mass is 342 g/mol. The summed E-state index contributed by atoms with van der Waals surface area (Å²) in [5, 5.41) is 0.0593. The SMILES string of the molecule is FC(F)(F)Cc1nc2c(N3CCC4(CCCC4)C3)ncnc2s1. The van der Waals surface area contributed by atoms with E-state index in [9.17, 15) is 13.2 Å². The third-order valence-electron chi connectivity index (χ3n) is 4.97. The molecule has 0 N–H and O–H groups in total. The Bertz CT molecular complexity index is 721. The summed E-state index contributed by atoms with van der Waals surface area (Å²) in [5.41, 5.74) is 0.897. The Morgan fingerprint density at radius 2 is 1.96 bits per heavy atom. The molecule has 2 aromatic heterocycles. The van der Waals surface area contributed by atoms with Gasteiger partial charge in [0.15, 0.2) is 5.82 Å². The molecular formula is C15H17F3N4S. The zero-order valence-corrected chi connectivity index (χ0v) is 13.4. The number of aromatic nitrogens is 3. The third kappa shape index (κ3) is 2.88. The maximum Gasteiger partial charge on any atom is 0.395 e. The molecule has 4 rings (SSSR count). The Hall–Kier alpha value is -1.44. The maximum atomic E-state index is 12.6. The van der Waals surface area contributed by atoms with Crippen molar-refractivity contribution in [3.8, 4) is 0 Å². The van der Waals surface area contributed by atoms with Crippen LogP contribution in [-0.4, -0.2) is 34.2 Å². The van der Waals surface area contributed by atoms with E-state index in [0.717, 1.165) is 30.8 Å². The summed E-state index contributed by atoms with van der Waals surface area (Å²) < 4.78 is 37.8. The minimum absolute atomic E-state index is 0.0593. The molecule has 124 valence electrons. The number of halogens is 3. The summed E-state index contributed by atoms with van der Waals surface area (Å²) in [7, 11) is 0. The van der Waals surface area contributed by atoms with Crippen molar-refractivity contribution in [2.45, 2.75) is 44.7 Å². The predicted octanol–water partition coefficient (Wildman–Crippen LogP) is 3.96. The highest BCUT2D eigenvalue weighted by Crippen LogP contribution is 2.46. The van der Waals surface area contributed by atoms with Gasteiger partial charge in [0, 0.05) is 13.1 Å². The molecule has 2 aromatic rings. The van der Waals surface area contributed by atoms with Gasteiger partial charge in [-0.15, -0.1) is 0 Å². The molecule has 0 amide bonds. The molecule has 1 aliphatic heterocycles. The summed E-state index contributed by atoms with van der Waals surface area (Å²) in [6.45, 7) is 1.84. The second-order valence-corrected chi connectivity index (χ2v) is 7.69. The minimum Gasteiger partial charge on any atom is -0.354 e. The number of rotatable bonds is 2. The number of nitrogens with zero attached hydrogens (tertiary/aromatic N) is 4. The lowest BCUT2D eigenvalue weighted by atomic mass is 9.86. The number of hydrogen-bond donors (Lipinski definition) is 0. The molecule has 0 bridgehead atoms. The van der Waals surface area contributed by atoms with Gasteiger partial charge < -0.3 is 4.90 Å². The number of anilines is 1. The van der Waals surface area contributed by atoms with E-state index in [4.69, 9.17) is 0 Å². The van der Waals surface area contributed by atoms with Crippen molar-refractivity contribution in [2.24, 2.45) is 5.41 Å². The van der Waals surface area contributed by atoms with Crippen molar-refractivity contribution < 1.29 is 13.2 Å². The van der Waals surface area contributed by atoms with Crippen LogP contribution in [-0.2, 0) is 6.42 Å². The molecule has 0 atom stereocenters. The first kappa shape index (κ1) is 15.1. The maximum absolute atomic E-state index is 12.6. The second-order valence-electron chi connectivity index (χ2n) is 6.63. The first-order valence-electron chi connectivity index (χ1n) is 7.86. The lowest BCUT2D eigenvalue weighted by molar-refractivity contribution is -0.127. The molecule has 0 unspecified atom stereocenters. The van der Waals surface area contributed by atoms with Crippen molar-refractivity contribution in [2.75, 3.05) is 18.0 Å². The van der Waals surface area contributed by atoms with Crippen LogP contribution >= 0.6 is 11.3 Å². The van der Waals surface area contributed by atoms with E-state index in [-0.39, 0.29) is 5.01 Å². The Kier molecular flexibility index (Phi) is 3.48. The average molecular weight is 342 g/mol. The second kappa shape index (κ2) is 5.29. The minimum atomic E-state index is -4.25. The van der Waals surface area contributed by atoms with Crippen LogP contribution in [0.25, 0.3) is 10.3 Å². The van der Waals surface area contributed by atoms with Gasteiger partial charge in [-0.1, -0.05) is 24.2 Å². The van der Waals surface area contributed by atoms with Crippen LogP contribution in [0.3, 0.4) is 0 Å². The summed E-state index contributed by atoms with van der Waals surface area (Å²) >= 11 is 1.01. The molecule has 1 saturated heterocycles. The third-order valence-corrected chi connectivity index (χ3v) is 5.94. The van der Waals surface area contributed by atoms with Crippen LogP contribution in [0.15, 0.2) is 6.33 Å². The molecule has 3 heterocycles. The summed E-state index contributed by atoms with van der Waals surface area (Å²) in [6, 6.07) is 0. The lowest BCUT2D eigenvalue weighted by Gasteiger charge is -2.23. The zero-order chi connectivity index (χ0) is 16.1. The Morgan fingerprint density at radius 3 is 2.70 bits per heavy atom. The molecule has 1 spiro atoms. The molecule has 2 aliphatic rings. The van der Waals surface area contributed by atoms with Gasteiger partial charge in [0.2, 0.25) is 0 Å². The van der Waals surface area contributed by atoms with E-state index in [2.05, 4.69) is 19.9 Å². The lowest BCUT2D eigenvalue weighted by Crippen LogP contribution is -2.25. The normalized spacial score (nSPS) is 20.9. The molecule has 2 fully saturated rings. The quantitative estimate of drug-likeness (QED) is 0.828. The molecule has 1 aliphatic carbocycles. The number of alkyl halides is 3. The molecule has 23 heavy (non-hydrogen) atoms. The van der Waals surface area contributed by atoms with Crippen LogP contribution in [0.2, 0.25) is 0 Å². The number of fused-ring (bicyclic) bond motifs is 1. The molecular weight excluding hydrogens is 325 g/mol. The van der Waals surface area contributed by atoms with Gasteiger partial charge in [0.05, 0.1) is 6.42 Å². The first-order valence-corrected chi connectivity index (χ1v) is 8.68. The predicted molar refractivity (Wildman–Crippen MR) is 82.7 cm³/mol. The van der Waals surface area contributed by atoms with Crippen molar-refractivity contribution in [1.29, 1.82) is 0 Å². The molecule has 0 radical (unpaired) electrons. The average Bonchev–Trinajstić information content (AvgIpc) is 3.17. The van der Waals surface area contributed by atoms with Crippen molar-refractivity contribution >= 4 is 27.5 Å². The van der Waals surface area contributed by atoms with Gasteiger partial charge >= 0.3 is 6.18 Å². The van der Waals surface area contributed by atoms with E-state index in [1.54, 1.807) is 0 Å². The van der Waals surface area contributed by atoms with Crippen LogP contribution in [0, 0.1) is 5.41 Å². The fourth-order valence-corrected chi connectivity index (χ4v) is 4.84. The molecule has 4 nitrogen and oxygen atoms in total. The number of hydrogen-bond acceptors (Lipinski definition) is 5. The van der Waals surface area contributed by atoms with E-state index < -0.39 is 12.6 Å². The van der Waals surface area contributed by atoms with Crippen molar-refractivity contribution in [3.63, 3.8) is 0 Å². The van der Waals surface area contributed by atoms with E-state index in [1.807, 2.05) is 0 Å². The fraction of sp³-hybridized carbons (Fsp3) is 0.667. The summed E-state index contributed by atoms with van der Waals surface area (Å²) in [6.07, 6.45) is 2.37. The fourth-order valence-electron chi connectivity index (χ4n) is 3.91. The van der Waals surface area contributed by atoms with Gasteiger partial charge in [0.25, 0.3) is 0 Å². The first-order chi connectivity index (χ1) is 10.9. The van der Waals surface area contributed by atoms with E-state index in [1.165, 1.54) is 32.0 Å². The van der Waals surface area contributed by atoms with Crippen molar-refractivity contribution in [1.82, 2.24) is 15.0 Å². The van der Waals surface area contributed by atoms with E-state index in [0.29, 0.717) is 21.6 Å². The summed E-state index contributed by atoms with van der Waals surface area (Å²) in [5.74, 6) is 0.698. The number of thiazole rings is 1. The van der Waals surface area contributed by atoms with Gasteiger partial charge in [-0.05, 0) is 24.7 Å². The standard InChI is InChI=1S/C15H17F3N4S/c16-15(17,18)7-10-21-11-12(19-9-20-13(11)23-10)22-6-5-14(8-22)3-1-2-4-14/h9H,1-8H2. The van der Waals surface area contributed by atoms with Gasteiger partial charge in [-0.2, -0.15) is 13.2 Å². The van der Waals surface area contributed by atoms with E-state index >= 15 is 0 Å². The van der Waals surface area contributed by atoms with Crippen LogP contribution in [0.1, 0.15) is 37.1 Å². The van der Waals surface area contributed by atoms with Gasteiger partial charge in [0.1, 0.15) is 21.7 Å². The highest BCUT2D eigenvalue weighted by Gasteiger charge is 2.41. The zero-order valence-electron chi connectivity index (χ0n) is 12.6. The van der Waals surface area contributed by atoms with Crippen LogP contribution < -0.4 is 4.90 Å². The van der Waals surface area contributed by atoms with Crippen molar-refractivity contribution in [3.05, 3.63) is 11.3 Å². The Morgan fingerprint density at radius 1 is 1.17 bits per heavy atom. The molecule has 0 aromatic carbocycles. The molecule has 8 heteroatoms. The highest BCUT2D eigenvalue weighted by atomic mass is 32.1.